The van der Waals surface area contributed by atoms with Gasteiger partial charge >= 0.3 is 6.03 Å². The monoisotopic (exact) mass is 380 g/mol. The molecule has 0 spiro atoms. The van der Waals surface area contributed by atoms with Crippen molar-refractivity contribution in [2.24, 2.45) is 0 Å². The zero-order chi connectivity index (χ0) is 18.0. The van der Waals surface area contributed by atoms with Crippen molar-refractivity contribution in [3.05, 3.63) is 40.7 Å². The van der Waals surface area contributed by atoms with E-state index in [4.69, 9.17) is 0 Å². The van der Waals surface area contributed by atoms with Gasteiger partial charge in [-0.2, -0.15) is 9.61 Å². The van der Waals surface area contributed by atoms with Gasteiger partial charge in [0.15, 0.2) is 5.82 Å². The van der Waals surface area contributed by atoms with Gasteiger partial charge in [-0.3, -0.25) is 0 Å². The van der Waals surface area contributed by atoms with Crippen LogP contribution in [0.15, 0.2) is 29.2 Å². The number of carbonyl (C=O) groups excluding carboxylic acids is 1. The van der Waals surface area contributed by atoms with Crippen LogP contribution in [0.5, 0.6) is 0 Å². The van der Waals surface area contributed by atoms with E-state index in [2.05, 4.69) is 20.6 Å². The summed E-state index contributed by atoms with van der Waals surface area (Å²) in [4.78, 5) is 12.5. The lowest BCUT2D eigenvalue weighted by atomic mass is 10.2. The lowest BCUT2D eigenvalue weighted by Crippen LogP contribution is -2.40. The first-order chi connectivity index (χ1) is 11.8. The molecule has 0 saturated heterocycles. The minimum atomic E-state index is -3.89. The van der Waals surface area contributed by atoms with Crippen molar-refractivity contribution >= 4 is 32.4 Å². The zero-order valence-corrected chi connectivity index (χ0v) is 15.2. The van der Waals surface area contributed by atoms with Crippen LogP contribution in [0.2, 0.25) is 0 Å². The van der Waals surface area contributed by atoms with Crippen molar-refractivity contribution in [2.75, 3.05) is 6.54 Å². The number of nitrogens with zero attached hydrogens (tertiary/aromatic N) is 4. The van der Waals surface area contributed by atoms with E-state index < -0.39 is 16.1 Å². The first-order valence-electron chi connectivity index (χ1n) is 7.40. The summed E-state index contributed by atoms with van der Waals surface area (Å²) < 4.78 is 27.8. The lowest BCUT2D eigenvalue weighted by molar-refractivity contribution is 0.246. The highest BCUT2D eigenvalue weighted by Crippen LogP contribution is 2.13. The quantitative estimate of drug-likeness (QED) is 0.682. The molecule has 0 bridgehead atoms. The Bertz CT molecular complexity index is 1010. The number of benzene rings is 1. The number of rotatable bonds is 5. The van der Waals surface area contributed by atoms with Gasteiger partial charge in [0.05, 0.1) is 4.90 Å². The molecule has 0 aliphatic carbocycles. The third kappa shape index (κ3) is 3.94. The summed E-state index contributed by atoms with van der Waals surface area (Å²) in [6.07, 6.45) is 0.464. The van der Waals surface area contributed by atoms with Gasteiger partial charge in [0.1, 0.15) is 5.01 Å². The number of hydrogen-bond donors (Lipinski definition) is 2. The number of sulfonamides is 1. The summed E-state index contributed by atoms with van der Waals surface area (Å²) in [5.74, 6) is 0.687. The van der Waals surface area contributed by atoms with Gasteiger partial charge in [-0.05, 0) is 26.0 Å². The van der Waals surface area contributed by atoms with E-state index in [0.29, 0.717) is 17.2 Å². The molecule has 0 unspecified atom stereocenters. The van der Waals surface area contributed by atoms with Gasteiger partial charge in [0.25, 0.3) is 10.0 Å². The van der Waals surface area contributed by atoms with Crippen LogP contribution in [0.25, 0.3) is 4.96 Å². The van der Waals surface area contributed by atoms with E-state index in [1.54, 1.807) is 23.6 Å². The van der Waals surface area contributed by atoms with Gasteiger partial charge in [0, 0.05) is 13.0 Å². The minimum Gasteiger partial charge on any atom is -0.337 e. The standard InChI is InChI=1S/C14H16N6O3S2/c1-9-3-5-11(6-4-9)25(22,23)19-13(21)15-8-7-12-18-20-10(2)16-17-14(20)24-12/h3-6H,7-8H2,1-2H3,(H2,15,19,21). The molecule has 0 radical (unpaired) electrons. The predicted molar refractivity (Wildman–Crippen MR) is 92.0 cm³/mol. The van der Waals surface area contributed by atoms with Crippen molar-refractivity contribution < 1.29 is 13.2 Å². The maximum absolute atomic E-state index is 12.1. The number of hydrogen-bond acceptors (Lipinski definition) is 7. The Kier molecular flexibility index (Phi) is 4.68. The lowest BCUT2D eigenvalue weighted by Gasteiger charge is -2.08. The summed E-state index contributed by atoms with van der Waals surface area (Å²) >= 11 is 1.37. The fourth-order valence-corrected chi connectivity index (χ4v) is 3.88. The van der Waals surface area contributed by atoms with E-state index >= 15 is 0 Å². The second-order valence-corrected chi connectivity index (χ2v) is 8.08. The zero-order valence-electron chi connectivity index (χ0n) is 13.6. The Balaban J connectivity index is 1.54. The van der Waals surface area contributed by atoms with Gasteiger partial charge in [0.2, 0.25) is 4.96 Å². The molecule has 2 amide bonds. The Hall–Kier alpha value is -2.53. The van der Waals surface area contributed by atoms with Crippen LogP contribution in [0.4, 0.5) is 4.79 Å². The largest absolute Gasteiger partial charge is 0.337 e. The molecule has 3 rings (SSSR count). The van der Waals surface area contributed by atoms with E-state index in [9.17, 15) is 13.2 Å². The van der Waals surface area contributed by atoms with Gasteiger partial charge in [-0.15, -0.1) is 10.2 Å². The maximum atomic E-state index is 12.1. The second kappa shape index (κ2) is 6.76. The average Bonchev–Trinajstić information content (AvgIpc) is 3.09. The average molecular weight is 380 g/mol. The Morgan fingerprint density at radius 1 is 1.20 bits per heavy atom. The van der Waals surface area contributed by atoms with Gasteiger partial charge in [-0.25, -0.2) is 17.9 Å². The van der Waals surface area contributed by atoms with E-state index in [-0.39, 0.29) is 11.4 Å². The molecule has 0 aliphatic rings. The normalized spacial score (nSPS) is 11.6. The fraction of sp³-hybridized carbons (Fsp3) is 0.286. The molecule has 0 fully saturated rings. The predicted octanol–water partition coefficient (Wildman–Crippen LogP) is 1.03. The second-order valence-electron chi connectivity index (χ2n) is 5.36. The molecule has 132 valence electrons. The van der Waals surface area contributed by atoms with Crippen molar-refractivity contribution in [1.29, 1.82) is 0 Å². The van der Waals surface area contributed by atoms with E-state index in [1.165, 1.54) is 23.5 Å². The van der Waals surface area contributed by atoms with Crippen molar-refractivity contribution in [2.45, 2.75) is 25.2 Å². The Morgan fingerprint density at radius 3 is 2.60 bits per heavy atom. The maximum Gasteiger partial charge on any atom is 0.328 e. The molecule has 0 atom stereocenters. The fourth-order valence-electron chi connectivity index (χ4n) is 2.07. The van der Waals surface area contributed by atoms with Crippen molar-refractivity contribution in [3.8, 4) is 0 Å². The summed E-state index contributed by atoms with van der Waals surface area (Å²) in [6.45, 7) is 3.90. The van der Waals surface area contributed by atoms with Crippen LogP contribution >= 0.6 is 11.3 Å². The van der Waals surface area contributed by atoms with E-state index in [0.717, 1.165) is 10.6 Å². The molecule has 2 aromatic heterocycles. The molecule has 0 aliphatic heterocycles. The first kappa shape index (κ1) is 17.3. The van der Waals surface area contributed by atoms with Crippen LogP contribution < -0.4 is 10.0 Å². The highest BCUT2D eigenvalue weighted by atomic mass is 32.2. The molecule has 11 heteroatoms. The molecular formula is C14H16N6O3S2. The molecular weight excluding hydrogens is 364 g/mol. The Labute approximate surface area is 148 Å². The molecule has 3 aromatic rings. The Morgan fingerprint density at radius 2 is 1.92 bits per heavy atom. The molecule has 9 nitrogen and oxygen atoms in total. The number of carbonyl (C=O) groups is 1. The SMILES string of the molecule is Cc1ccc(S(=O)(=O)NC(=O)NCCc2nn3c(C)nnc3s2)cc1. The number of nitrogens with one attached hydrogen (secondary N) is 2. The smallest absolute Gasteiger partial charge is 0.328 e. The highest BCUT2D eigenvalue weighted by molar-refractivity contribution is 7.90. The number of aryl methyl sites for hydroxylation is 2. The topological polar surface area (TPSA) is 118 Å². The molecule has 25 heavy (non-hydrogen) atoms. The van der Waals surface area contributed by atoms with Gasteiger partial charge < -0.3 is 5.32 Å². The van der Waals surface area contributed by atoms with Crippen LogP contribution in [-0.4, -0.2) is 40.8 Å². The summed E-state index contributed by atoms with van der Waals surface area (Å²) in [6, 6.07) is 5.46. The third-order valence-electron chi connectivity index (χ3n) is 3.37. The van der Waals surface area contributed by atoms with Crippen molar-refractivity contribution in [1.82, 2.24) is 29.9 Å². The van der Waals surface area contributed by atoms with Gasteiger partial charge in [-0.1, -0.05) is 29.0 Å². The summed E-state index contributed by atoms with van der Waals surface area (Å²) in [5, 5.41) is 15.5. The summed E-state index contributed by atoms with van der Waals surface area (Å²) in [5.41, 5.74) is 0.934. The molecule has 2 heterocycles. The molecule has 2 N–H and O–H groups in total. The van der Waals surface area contributed by atoms with E-state index in [1.807, 2.05) is 11.6 Å². The molecule has 0 saturated carbocycles. The third-order valence-corrected chi connectivity index (χ3v) is 5.68. The first-order valence-corrected chi connectivity index (χ1v) is 9.70. The minimum absolute atomic E-state index is 0.0392. The number of urea groups is 1. The van der Waals surface area contributed by atoms with Crippen LogP contribution in [0.3, 0.4) is 0 Å². The van der Waals surface area contributed by atoms with Crippen LogP contribution in [0.1, 0.15) is 16.4 Å². The summed E-state index contributed by atoms with van der Waals surface area (Å²) in [7, 11) is -3.89. The number of amides is 2. The van der Waals surface area contributed by atoms with Crippen LogP contribution in [0, 0.1) is 13.8 Å². The van der Waals surface area contributed by atoms with Crippen LogP contribution in [-0.2, 0) is 16.4 Å². The highest BCUT2D eigenvalue weighted by Gasteiger charge is 2.17. The number of aromatic nitrogens is 4. The number of fused-ring (bicyclic) bond motifs is 1. The van der Waals surface area contributed by atoms with Crippen molar-refractivity contribution in [3.63, 3.8) is 0 Å². The molecule has 1 aromatic carbocycles.